The molecular weight excluding hydrogens is 168 g/mol. The average Bonchev–Trinajstić information content (AvgIpc) is 1.96. The lowest BCUT2D eigenvalue weighted by molar-refractivity contribution is -0.154. The first-order valence-corrected chi connectivity index (χ1v) is 4.39. The van der Waals surface area contributed by atoms with Gasteiger partial charge >= 0.3 is 5.97 Å². The van der Waals surface area contributed by atoms with Crippen LogP contribution in [0.2, 0.25) is 0 Å². The summed E-state index contributed by atoms with van der Waals surface area (Å²) in [6.07, 6.45) is 1.82. The van der Waals surface area contributed by atoms with E-state index in [0.29, 0.717) is 0 Å². The highest BCUT2D eigenvalue weighted by molar-refractivity contribution is 5.96. The summed E-state index contributed by atoms with van der Waals surface area (Å²) in [7, 11) is 0. The molecule has 0 fully saturated rings. The number of carbonyl (C=O) groups is 2. The largest absolute Gasteiger partial charge is 0.454 e. The predicted octanol–water partition coefficient (Wildman–Crippen LogP) is 1.47. The van der Waals surface area contributed by atoms with Crippen molar-refractivity contribution in [1.29, 1.82) is 0 Å². The Morgan fingerprint density at radius 3 is 2.69 bits per heavy atom. The van der Waals surface area contributed by atoms with E-state index in [4.69, 9.17) is 4.74 Å². The van der Waals surface area contributed by atoms with Crippen molar-refractivity contribution in [1.82, 2.24) is 0 Å². The maximum atomic E-state index is 11.4. The zero-order chi connectivity index (χ0) is 10.0. The molecule has 0 bridgehead atoms. The van der Waals surface area contributed by atoms with Crippen molar-refractivity contribution in [2.75, 3.05) is 0 Å². The van der Waals surface area contributed by atoms with Gasteiger partial charge in [-0.15, -0.1) is 0 Å². The molecule has 3 heteroatoms. The molecule has 1 aliphatic carbocycles. The first kappa shape index (κ1) is 9.96. The fourth-order valence-electron chi connectivity index (χ4n) is 1.63. The fourth-order valence-corrected chi connectivity index (χ4v) is 1.63. The summed E-state index contributed by atoms with van der Waals surface area (Å²) in [6.45, 7) is 5.16. The van der Waals surface area contributed by atoms with Gasteiger partial charge in [-0.05, 0) is 19.4 Å². The van der Waals surface area contributed by atoms with Gasteiger partial charge in [0.1, 0.15) is 0 Å². The minimum Gasteiger partial charge on any atom is -0.454 e. The molecule has 0 aliphatic heterocycles. The molecule has 13 heavy (non-hydrogen) atoms. The molecule has 0 spiro atoms. The number of allylic oxidation sites excluding steroid dienone is 1. The second-order valence-electron chi connectivity index (χ2n) is 3.60. The summed E-state index contributed by atoms with van der Waals surface area (Å²) in [6, 6.07) is 0. The SMILES string of the molecule is CC(=O)O[C@@H]1C(=O)C=C(C)C[C@H]1C. The van der Waals surface area contributed by atoms with Gasteiger partial charge in [0.15, 0.2) is 11.9 Å². The van der Waals surface area contributed by atoms with Gasteiger partial charge in [0.2, 0.25) is 0 Å². The molecule has 0 aromatic carbocycles. The molecule has 3 nitrogen and oxygen atoms in total. The maximum Gasteiger partial charge on any atom is 0.303 e. The zero-order valence-electron chi connectivity index (χ0n) is 8.16. The van der Waals surface area contributed by atoms with E-state index in [1.54, 1.807) is 6.08 Å². The summed E-state index contributed by atoms with van der Waals surface area (Å²) < 4.78 is 4.93. The lowest BCUT2D eigenvalue weighted by Crippen LogP contribution is -2.34. The topological polar surface area (TPSA) is 43.4 Å². The van der Waals surface area contributed by atoms with E-state index in [-0.39, 0.29) is 11.7 Å². The van der Waals surface area contributed by atoms with Crippen LogP contribution < -0.4 is 0 Å². The highest BCUT2D eigenvalue weighted by Crippen LogP contribution is 2.23. The zero-order valence-corrected chi connectivity index (χ0v) is 8.16. The molecular formula is C10H14O3. The second kappa shape index (κ2) is 3.73. The van der Waals surface area contributed by atoms with E-state index in [1.165, 1.54) is 6.92 Å². The third-order valence-corrected chi connectivity index (χ3v) is 2.12. The van der Waals surface area contributed by atoms with Crippen LogP contribution in [-0.2, 0) is 14.3 Å². The van der Waals surface area contributed by atoms with Crippen LogP contribution in [0, 0.1) is 5.92 Å². The van der Waals surface area contributed by atoms with E-state index in [2.05, 4.69) is 0 Å². The lowest BCUT2D eigenvalue weighted by atomic mass is 9.87. The number of rotatable bonds is 1. The van der Waals surface area contributed by atoms with E-state index in [0.717, 1.165) is 12.0 Å². The highest BCUT2D eigenvalue weighted by Gasteiger charge is 2.30. The first-order valence-electron chi connectivity index (χ1n) is 4.39. The average molecular weight is 182 g/mol. The van der Waals surface area contributed by atoms with Crippen LogP contribution in [0.25, 0.3) is 0 Å². The summed E-state index contributed by atoms with van der Waals surface area (Å²) in [5.41, 5.74) is 1.06. The van der Waals surface area contributed by atoms with Crippen LogP contribution in [0.5, 0.6) is 0 Å². The molecule has 0 N–H and O–H groups in total. The summed E-state index contributed by atoms with van der Waals surface area (Å²) in [5.74, 6) is -0.383. The lowest BCUT2D eigenvalue weighted by Gasteiger charge is -2.25. The third-order valence-electron chi connectivity index (χ3n) is 2.12. The van der Waals surface area contributed by atoms with Crippen LogP contribution >= 0.6 is 0 Å². The molecule has 0 aromatic heterocycles. The van der Waals surface area contributed by atoms with Gasteiger partial charge in [0.25, 0.3) is 0 Å². The van der Waals surface area contributed by atoms with Crippen molar-refractivity contribution in [2.45, 2.75) is 33.3 Å². The van der Waals surface area contributed by atoms with Crippen molar-refractivity contribution in [3.8, 4) is 0 Å². The minimum absolute atomic E-state index is 0.0912. The Morgan fingerprint density at radius 2 is 2.23 bits per heavy atom. The fraction of sp³-hybridized carbons (Fsp3) is 0.600. The van der Waals surface area contributed by atoms with Crippen molar-refractivity contribution < 1.29 is 14.3 Å². The molecule has 1 aliphatic rings. The van der Waals surface area contributed by atoms with Gasteiger partial charge in [0.05, 0.1) is 0 Å². The van der Waals surface area contributed by atoms with Crippen LogP contribution in [0.4, 0.5) is 0 Å². The molecule has 0 saturated heterocycles. The summed E-state index contributed by atoms with van der Waals surface area (Å²) in [5, 5.41) is 0. The summed E-state index contributed by atoms with van der Waals surface area (Å²) in [4.78, 5) is 22.1. The van der Waals surface area contributed by atoms with Crippen molar-refractivity contribution >= 4 is 11.8 Å². The first-order chi connectivity index (χ1) is 6.00. The molecule has 0 saturated carbocycles. The van der Waals surface area contributed by atoms with E-state index < -0.39 is 12.1 Å². The molecule has 0 unspecified atom stereocenters. The van der Waals surface area contributed by atoms with Crippen LogP contribution in [0.15, 0.2) is 11.6 Å². The van der Waals surface area contributed by atoms with Crippen molar-refractivity contribution in [3.63, 3.8) is 0 Å². The molecule has 0 amide bonds. The Kier molecular flexibility index (Phi) is 2.86. The Labute approximate surface area is 77.8 Å². The number of ether oxygens (including phenoxy) is 1. The van der Waals surface area contributed by atoms with Crippen molar-refractivity contribution in [2.24, 2.45) is 5.92 Å². The van der Waals surface area contributed by atoms with Crippen molar-refractivity contribution in [3.05, 3.63) is 11.6 Å². The van der Waals surface area contributed by atoms with Gasteiger partial charge in [-0.3, -0.25) is 9.59 Å². The summed E-state index contributed by atoms with van der Waals surface area (Å²) >= 11 is 0. The smallest absolute Gasteiger partial charge is 0.303 e. The van der Waals surface area contributed by atoms with E-state index in [9.17, 15) is 9.59 Å². The third kappa shape index (κ3) is 2.41. The molecule has 0 radical (unpaired) electrons. The Morgan fingerprint density at radius 1 is 1.62 bits per heavy atom. The van der Waals surface area contributed by atoms with E-state index in [1.807, 2.05) is 13.8 Å². The monoisotopic (exact) mass is 182 g/mol. The molecule has 0 aromatic rings. The number of hydrogen-bond acceptors (Lipinski definition) is 3. The number of carbonyl (C=O) groups excluding carboxylic acids is 2. The Bertz CT molecular complexity index is 265. The normalized spacial score (nSPS) is 28.2. The molecule has 2 atom stereocenters. The number of ketones is 1. The van der Waals surface area contributed by atoms with Crippen LogP contribution in [0.3, 0.4) is 0 Å². The number of hydrogen-bond donors (Lipinski definition) is 0. The van der Waals surface area contributed by atoms with Gasteiger partial charge in [-0.2, -0.15) is 0 Å². The standard InChI is InChI=1S/C10H14O3/c1-6-4-7(2)10(9(12)5-6)13-8(3)11/h5,7,10H,4H2,1-3H3/t7-,10+/m1/s1. The van der Waals surface area contributed by atoms with Gasteiger partial charge in [-0.1, -0.05) is 12.5 Å². The highest BCUT2D eigenvalue weighted by atomic mass is 16.5. The number of esters is 1. The molecule has 72 valence electrons. The van der Waals surface area contributed by atoms with Gasteiger partial charge in [-0.25, -0.2) is 0 Å². The quantitative estimate of drug-likeness (QED) is 0.577. The minimum atomic E-state index is -0.568. The van der Waals surface area contributed by atoms with Gasteiger partial charge < -0.3 is 4.74 Å². The van der Waals surface area contributed by atoms with Crippen LogP contribution in [-0.4, -0.2) is 17.9 Å². The maximum absolute atomic E-state index is 11.4. The molecule has 1 rings (SSSR count). The van der Waals surface area contributed by atoms with Crippen LogP contribution in [0.1, 0.15) is 27.2 Å². The van der Waals surface area contributed by atoms with E-state index >= 15 is 0 Å². The molecule has 0 heterocycles. The Balaban J connectivity index is 2.74. The Hall–Kier alpha value is -1.12. The second-order valence-corrected chi connectivity index (χ2v) is 3.60. The predicted molar refractivity (Wildman–Crippen MR) is 48.1 cm³/mol. The van der Waals surface area contributed by atoms with Gasteiger partial charge in [0, 0.05) is 12.8 Å².